The first-order chi connectivity index (χ1) is 9.72. The summed E-state index contributed by atoms with van der Waals surface area (Å²) in [6.07, 6.45) is 8.32. The number of aliphatic hydroxyl groups excluding tert-OH is 1. The van der Waals surface area contributed by atoms with Crippen LogP contribution in [0.1, 0.15) is 29.9 Å². The molecule has 2 N–H and O–H groups in total. The Labute approximate surface area is 115 Å². The van der Waals surface area contributed by atoms with Crippen molar-refractivity contribution >= 4 is 5.91 Å². The number of hydrogen-bond donors (Lipinski definition) is 2. The van der Waals surface area contributed by atoms with E-state index in [-0.39, 0.29) is 23.9 Å². The third-order valence-electron chi connectivity index (χ3n) is 3.35. The molecule has 7 nitrogen and oxygen atoms in total. The minimum atomic E-state index is -0.321. The minimum absolute atomic E-state index is 0.00185. The van der Waals surface area contributed by atoms with Crippen LogP contribution < -0.4 is 5.32 Å². The highest BCUT2D eigenvalue weighted by atomic mass is 16.3. The SMILES string of the molecule is O=C(N[C@H]1CC[C@H](O)C1)c1nccc(-n2ccnc2)n1. The number of imidazole rings is 1. The van der Waals surface area contributed by atoms with E-state index in [1.807, 2.05) is 0 Å². The first-order valence-corrected chi connectivity index (χ1v) is 6.52. The highest BCUT2D eigenvalue weighted by Crippen LogP contribution is 2.18. The number of aromatic nitrogens is 4. The van der Waals surface area contributed by atoms with E-state index in [9.17, 15) is 9.90 Å². The van der Waals surface area contributed by atoms with Crippen LogP contribution in [0.2, 0.25) is 0 Å². The lowest BCUT2D eigenvalue weighted by molar-refractivity contribution is 0.0923. The van der Waals surface area contributed by atoms with Crippen LogP contribution in [0.3, 0.4) is 0 Å². The van der Waals surface area contributed by atoms with Crippen molar-refractivity contribution in [2.24, 2.45) is 0 Å². The summed E-state index contributed by atoms with van der Waals surface area (Å²) in [5.74, 6) is 0.401. The molecule has 0 spiro atoms. The third-order valence-corrected chi connectivity index (χ3v) is 3.35. The quantitative estimate of drug-likeness (QED) is 0.839. The monoisotopic (exact) mass is 273 g/mol. The maximum absolute atomic E-state index is 12.1. The minimum Gasteiger partial charge on any atom is -0.393 e. The second-order valence-corrected chi connectivity index (χ2v) is 4.85. The highest BCUT2D eigenvalue weighted by molar-refractivity contribution is 5.90. The van der Waals surface area contributed by atoms with E-state index >= 15 is 0 Å². The topological polar surface area (TPSA) is 92.9 Å². The molecule has 1 aliphatic rings. The summed E-state index contributed by atoms with van der Waals surface area (Å²) in [6.45, 7) is 0. The molecule has 0 aliphatic heterocycles. The van der Waals surface area contributed by atoms with Crippen LogP contribution in [0.4, 0.5) is 0 Å². The van der Waals surface area contributed by atoms with Gasteiger partial charge in [0.15, 0.2) is 0 Å². The van der Waals surface area contributed by atoms with Gasteiger partial charge in [-0.15, -0.1) is 0 Å². The van der Waals surface area contributed by atoms with E-state index in [1.165, 1.54) is 0 Å². The van der Waals surface area contributed by atoms with Crippen molar-refractivity contribution in [1.29, 1.82) is 0 Å². The molecule has 104 valence electrons. The van der Waals surface area contributed by atoms with E-state index < -0.39 is 0 Å². The molecule has 7 heteroatoms. The fraction of sp³-hybridized carbons (Fsp3) is 0.385. The second-order valence-electron chi connectivity index (χ2n) is 4.85. The molecule has 1 aliphatic carbocycles. The Balaban J connectivity index is 1.73. The Morgan fingerprint density at radius 1 is 1.40 bits per heavy atom. The molecule has 0 saturated heterocycles. The van der Waals surface area contributed by atoms with E-state index in [1.54, 1.807) is 35.6 Å². The van der Waals surface area contributed by atoms with Crippen LogP contribution in [0.5, 0.6) is 0 Å². The smallest absolute Gasteiger partial charge is 0.289 e. The van der Waals surface area contributed by atoms with Crippen LogP contribution >= 0.6 is 0 Å². The Morgan fingerprint density at radius 2 is 2.30 bits per heavy atom. The Morgan fingerprint density at radius 3 is 3.00 bits per heavy atom. The molecule has 1 fully saturated rings. The van der Waals surface area contributed by atoms with E-state index in [2.05, 4.69) is 20.3 Å². The van der Waals surface area contributed by atoms with Gasteiger partial charge in [0.2, 0.25) is 5.82 Å². The second kappa shape index (κ2) is 5.38. The lowest BCUT2D eigenvalue weighted by Gasteiger charge is -2.11. The van der Waals surface area contributed by atoms with Crippen molar-refractivity contribution in [2.75, 3.05) is 0 Å². The standard InChI is InChI=1S/C13H15N5O2/c19-10-2-1-9(7-10)16-13(20)12-15-4-3-11(17-12)18-6-5-14-8-18/h3-6,8-10,19H,1-2,7H2,(H,16,20)/t9-,10-/m0/s1. The summed E-state index contributed by atoms with van der Waals surface area (Å²) in [4.78, 5) is 24.2. The fourth-order valence-electron chi connectivity index (χ4n) is 2.34. The Hall–Kier alpha value is -2.28. The van der Waals surface area contributed by atoms with Gasteiger partial charge in [-0.25, -0.2) is 15.0 Å². The van der Waals surface area contributed by atoms with Crippen LogP contribution in [0, 0.1) is 0 Å². The molecule has 1 saturated carbocycles. The molecular weight excluding hydrogens is 258 g/mol. The number of aliphatic hydroxyl groups is 1. The van der Waals surface area contributed by atoms with Gasteiger partial charge >= 0.3 is 0 Å². The van der Waals surface area contributed by atoms with Crippen molar-refractivity contribution in [3.63, 3.8) is 0 Å². The first-order valence-electron chi connectivity index (χ1n) is 6.52. The lowest BCUT2D eigenvalue weighted by Crippen LogP contribution is -2.34. The van der Waals surface area contributed by atoms with E-state index in [0.29, 0.717) is 12.2 Å². The van der Waals surface area contributed by atoms with Crippen LogP contribution in [0.25, 0.3) is 5.82 Å². The van der Waals surface area contributed by atoms with Crippen LogP contribution in [0.15, 0.2) is 31.0 Å². The number of hydrogen-bond acceptors (Lipinski definition) is 5. The summed E-state index contributed by atoms with van der Waals surface area (Å²) in [7, 11) is 0. The van der Waals surface area contributed by atoms with Gasteiger partial charge in [0, 0.05) is 24.6 Å². The molecule has 2 atom stereocenters. The molecule has 0 unspecified atom stereocenters. The third kappa shape index (κ3) is 2.67. The van der Waals surface area contributed by atoms with Crippen molar-refractivity contribution in [1.82, 2.24) is 24.8 Å². The molecule has 0 radical (unpaired) electrons. The molecule has 20 heavy (non-hydrogen) atoms. The van der Waals surface area contributed by atoms with E-state index in [0.717, 1.165) is 12.8 Å². The Bertz CT molecular complexity index is 599. The average Bonchev–Trinajstić information content (AvgIpc) is 3.11. The number of carbonyl (C=O) groups excluding carboxylic acids is 1. The normalized spacial score (nSPS) is 21.9. The van der Waals surface area contributed by atoms with Crippen molar-refractivity contribution in [3.8, 4) is 5.82 Å². The van der Waals surface area contributed by atoms with Gasteiger partial charge in [-0.1, -0.05) is 0 Å². The lowest BCUT2D eigenvalue weighted by atomic mass is 10.2. The summed E-state index contributed by atoms with van der Waals surface area (Å²) in [5, 5.41) is 12.3. The molecule has 0 bridgehead atoms. The maximum Gasteiger partial charge on any atom is 0.289 e. The molecular formula is C13H15N5O2. The summed E-state index contributed by atoms with van der Waals surface area (Å²) >= 11 is 0. The molecule has 2 heterocycles. The zero-order valence-corrected chi connectivity index (χ0v) is 10.8. The number of amides is 1. The zero-order valence-electron chi connectivity index (χ0n) is 10.8. The first kappa shape index (κ1) is 12.7. The summed E-state index contributed by atoms with van der Waals surface area (Å²) in [6, 6.07) is 1.70. The number of nitrogens with zero attached hydrogens (tertiary/aromatic N) is 4. The van der Waals surface area contributed by atoms with E-state index in [4.69, 9.17) is 0 Å². The number of nitrogens with one attached hydrogen (secondary N) is 1. The largest absolute Gasteiger partial charge is 0.393 e. The number of carbonyl (C=O) groups is 1. The molecule has 1 amide bonds. The predicted octanol–water partition coefficient (Wildman–Crippen LogP) is 0.305. The zero-order chi connectivity index (χ0) is 13.9. The van der Waals surface area contributed by atoms with Gasteiger partial charge < -0.3 is 10.4 Å². The van der Waals surface area contributed by atoms with Crippen LogP contribution in [-0.4, -0.2) is 42.7 Å². The summed E-state index contributed by atoms with van der Waals surface area (Å²) in [5.41, 5.74) is 0. The Kier molecular flexibility index (Phi) is 3.42. The van der Waals surface area contributed by atoms with Crippen molar-refractivity contribution in [3.05, 3.63) is 36.8 Å². The van der Waals surface area contributed by atoms with Crippen molar-refractivity contribution in [2.45, 2.75) is 31.4 Å². The number of rotatable bonds is 3. The summed E-state index contributed by atoms with van der Waals surface area (Å²) < 4.78 is 1.71. The maximum atomic E-state index is 12.1. The fourth-order valence-corrected chi connectivity index (χ4v) is 2.34. The van der Waals surface area contributed by atoms with Gasteiger partial charge in [-0.05, 0) is 25.3 Å². The molecule has 2 aromatic rings. The molecule has 0 aromatic carbocycles. The van der Waals surface area contributed by atoms with Crippen LogP contribution in [-0.2, 0) is 0 Å². The van der Waals surface area contributed by atoms with Gasteiger partial charge in [0.1, 0.15) is 12.1 Å². The highest BCUT2D eigenvalue weighted by Gasteiger charge is 2.25. The molecule has 3 rings (SSSR count). The predicted molar refractivity (Wildman–Crippen MR) is 70.3 cm³/mol. The average molecular weight is 273 g/mol. The van der Waals surface area contributed by atoms with Gasteiger partial charge in [-0.2, -0.15) is 0 Å². The van der Waals surface area contributed by atoms with Gasteiger partial charge in [0.25, 0.3) is 5.91 Å². The van der Waals surface area contributed by atoms with Crippen molar-refractivity contribution < 1.29 is 9.90 Å². The molecule has 2 aromatic heterocycles. The van der Waals surface area contributed by atoms with Gasteiger partial charge in [0.05, 0.1) is 6.10 Å². The van der Waals surface area contributed by atoms with Gasteiger partial charge in [-0.3, -0.25) is 9.36 Å².